The van der Waals surface area contributed by atoms with E-state index >= 15 is 0 Å². The van der Waals surface area contributed by atoms with Crippen LogP contribution in [-0.4, -0.2) is 12.7 Å². The fraction of sp³-hybridized carbons (Fsp3) is 0.385. The van der Waals surface area contributed by atoms with E-state index in [-0.39, 0.29) is 23.8 Å². The molecule has 0 spiro atoms. The molecule has 0 aliphatic heterocycles. The van der Waals surface area contributed by atoms with Gasteiger partial charge in [0.05, 0.1) is 12.7 Å². The lowest BCUT2D eigenvalue weighted by molar-refractivity contribution is 0.0856. The van der Waals surface area contributed by atoms with Gasteiger partial charge in [-0.15, -0.1) is 6.58 Å². The van der Waals surface area contributed by atoms with Crippen molar-refractivity contribution in [3.8, 4) is 0 Å². The molecule has 0 aromatic heterocycles. The predicted molar refractivity (Wildman–Crippen MR) is 65.2 cm³/mol. The minimum absolute atomic E-state index is 0.0418. The van der Waals surface area contributed by atoms with E-state index in [1.54, 1.807) is 13.0 Å². The van der Waals surface area contributed by atoms with Crippen LogP contribution in [0.2, 0.25) is 0 Å². The molecule has 98 valence electrons. The highest BCUT2D eigenvalue weighted by atomic mass is 19.1. The van der Waals surface area contributed by atoms with Crippen molar-refractivity contribution in [2.45, 2.75) is 26.0 Å². The van der Waals surface area contributed by atoms with E-state index in [4.69, 9.17) is 4.74 Å². The Morgan fingerprint density at radius 2 is 2.11 bits per heavy atom. The molecular weight excluding hydrogens is 240 g/mol. The molecule has 2 atom stereocenters. The summed E-state index contributed by atoms with van der Waals surface area (Å²) >= 11 is 0. The van der Waals surface area contributed by atoms with Gasteiger partial charge in [-0.05, 0) is 25.5 Å². The number of nitroso groups, excluding NO2 is 1. The van der Waals surface area contributed by atoms with E-state index in [1.165, 1.54) is 13.0 Å². The summed E-state index contributed by atoms with van der Waals surface area (Å²) in [6, 6.07) is 1.03. The third kappa shape index (κ3) is 3.43. The Kier molecular flexibility index (Phi) is 5.09. The van der Waals surface area contributed by atoms with Crippen molar-refractivity contribution in [2.75, 3.05) is 6.61 Å². The van der Waals surface area contributed by atoms with Crippen LogP contribution < -0.4 is 0 Å². The molecule has 0 radical (unpaired) electrons. The van der Waals surface area contributed by atoms with E-state index in [0.29, 0.717) is 0 Å². The predicted octanol–water partition coefficient (Wildman–Crippen LogP) is 3.67. The number of ether oxygens (including phenoxy) is 1. The molecule has 18 heavy (non-hydrogen) atoms. The average Bonchev–Trinajstić information content (AvgIpc) is 2.35. The quantitative estimate of drug-likeness (QED) is 0.574. The molecule has 0 saturated carbocycles. The molecule has 0 amide bonds. The molecule has 0 aliphatic carbocycles. The van der Waals surface area contributed by atoms with Gasteiger partial charge >= 0.3 is 0 Å². The van der Waals surface area contributed by atoms with Gasteiger partial charge in [0, 0.05) is 11.6 Å². The van der Waals surface area contributed by atoms with Gasteiger partial charge in [0.1, 0.15) is 17.7 Å². The number of nitrogens with zero attached hydrogens (tertiary/aromatic N) is 1. The number of halogens is 2. The highest BCUT2D eigenvalue weighted by Crippen LogP contribution is 2.24. The Hall–Kier alpha value is -1.62. The van der Waals surface area contributed by atoms with E-state index < -0.39 is 17.7 Å². The highest BCUT2D eigenvalue weighted by Gasteiger charge is 2.19. The summed E-state index contributed by atoms with van der Waals surface area (Å²) in [4.78, 5) is 10.7. The van der Waals surface area contributed by atoms with Crippen molar-refractivity contribution in [3.63, 3.8) is 0 Å². The first-order chi connectivity index (χ1) is 8.49. The van der Waals surface area contributed by atoms with Gasteiger partial charge in [0.2, 0.25) is 0 Å². The van der Waals surface area contributed by atoms with Crippen LogP contribution in [-0.2, 0) is 4.74 Å². The first-order valence-corrected chi connectivity index (χ1v) is 5.51. The fourth-order valence-corrected chi connectivity index (χ4v) is 1.42. The smallest absolute Gasteiger partial charge is 0.143 e. The third-order valence-corrected chi connectivity index (χ3v) is 2.61. The fourth-order valence-electron chi connectivity index (χ4n) is 1.42. The monoisotopic (exact) mass is 255 g/mol. The minimum atomic E-state index is -0.994. The number of hydrogen-bond donors (Lipinski definition) is 0. The van der Waals surface area contributed by atoms with E-state index in [2.05, 4.69) is 11.8 Å². The third-order valence-electron chi connectivity index (χ3n) is 2.61. The maximum Gasteiger partial charge on any atom is 0.143 e. The normalized spacial score (nSPS) is 14.0. The van der Waals surface area contributed by atoms with Crippen molar-refractivity contribution < 1.29 is 13.5 Å². The van der Waals surface area contributed by atoms with Crippen molar-refractivity contribution in [1.29, 1.82) is 0 Å². The average molecular weight is 255 g/mol. The van der Waals surface area contributed by atoms with Crippen molar-refractivity contribution >= 4 is 0 Å². The lowest BCUT2D eigenvalue weighted by Gasteiger charge is -2.14. The maximum absolute atomic E-state index is 13.6. The largest absolute Gasteiger partial charge is 0.372 e. The molecule has 1 aromatic rings. The van der Waals surface area contributed by atoms with Crippen LogP contribution in [0.25, 0.3) is 0 Å². The maximum atomic E-state index is 13.6. The summed E-state index contributed by atoms with van der Waals surface area (Å²) < 4.78 is 31.9. The topological polar surface area (TPSA) is 38.7 Å². The molecule has 3 nitrogen and oxygen atoms in total. The molecule has 5 heteroatoms. The Morgan fingerprint density at radius 1 is 1.44 bits per heavy atom. The lowest BCUT2D eigenvalue weighted by Crippen LogP contribution is -2.13. The van der Waals surface area contributed by atoms with Gasteiger partial charge < -0.3 is 4.74 Å². The summed E-state index contributed by atoms with van der Waals surface area (Å²) in [5, 5.41) is 2.82. The van der Waals surface area contributed by atoms with Crippen LogP contribution in [0.15, 0.2) is 30.0 Å². The molecular formula is C13H15F2NO2. The van der Waals surface area contributed by atoms with Crippen LogP contribution in [0.5, 0.6) is 0 Å². The van der Waals surface area contributed by atoms with Crippen molar-refractivity contribution in [2.24, 2.45) is 5.18 Å². The molecule has 0 saturated heterocycles. The van der Waals surface area contributed by atoms with Gasteiger partial charge in [-0.2, -0.15) is 4.91 Å². The van der Waals surface area contributed by atoms with Crippen LogP contribution in [0.3, 0.4) is 0 Å². The SMILES string of the molecule is C=CC(C)OCC(N=O)c1cc(C)c(F)cc1F. The second-order valence-corrected chi connectivity index (χ2v) is 4.02. The van der Waals surface area contributed by atoms with Gasteiger partial charge in [0.15, 0.2) is 0 Å². The molecule has 1 aromatic carbocycles. The van der Waals surface area contributed by atoms with E-state index in [0.717, 1.165) is 6.07 Å². The number of aryl methyl sites for hydroxylation is 1. The zero-order valence-corrected chi connectivity index (χ0v) is 10.3. The van der Waals surface area contributed by atoms with Crippen LogP contribution in [0.1, 0.15) is 24.1 Å². The van der Waals surface area contributed by atoms with Crippen LogP contribution in [0.4, 0.5) is 8.78 Å². The Balaban J connectivity index is 2.91. The number of benzene rings is 1. The Morgan fingerprint density at radius 3 is 2.67 bits per heavy atom. The zero-order chi connectivity index (χ0) is 13.7. The summed E-state index contributed by atoms with van der Waals surface area (Å²) in [6.45, 7) is 6.68. The molecule has 0 heterocycles. The molecule has 0 aliphatic rings. The summed E-state index contributed by atoms with van der Waals surface area (Å²) in [6.07, 6.45) is 1.28. The molecule has 2 unspecified atom stereocenters. The Bertz CT molecular complexity index is 449. The molecule has 0 bridgehead atoms. The van der Waals surface area contributed by atoms with Crippen molar-refractivity contribution in [1.82, 2.24) is 0 Å². The second kappa shape index (κ2) is 6.35. The van der Waals surface area contributed by atoms with Gasteiger partial charge in [-0.1, -0.05) is 11.3 Å². The number of rotatable bonds is 6. The van der Waals surface area contributed by atoms with Gasteiger partial charge in [0.25, 0.3) is 0 Å². The van der Waals surface area contributed by atoms with Gasteiger partial charge in [-0.25, -0.2) is 8.78 Å². The van der Waals surface area contributed by atoms with Crippen molar-refractivity contribution in [3.05, 3.63) is 52.5 Å². The number of hydrogen-bond acceptors (Lipinski definition) is 3. The zero-order valence-electron chi connectivity index (χ0n) is 10.3. The van der Waals surface area contributed by atoms with Crippen LogP contribution in [0, 0.1) is 23.5 Å². The Labute approximate surface area is 104 Å². The molecule has 0 N–H and O–H groups in total. The first kappa shape index (κ1) is 14.4. The first-order valence-electron chi connectivity index (χ1n) is 5.51. The van der Waals surface area contributed by atoms with E-state index in [9.17, 15) is 13.7 Å². The highest BCUT2D eigenvalue weighted by molar-refractivity contribution is 5.28. The molecule has 1 rings (SSSR count). The van der Waals surface area contributed by atoms with Gasteiger partial charge in [-0.3, -0.25) is 0 Å². The summed E-state index contributed by atoms with van der Waals surface area (Å²) in [7, 11) is 0. The van der Waals surface area contributed by atoms with E-state index in [1.807, 2.05) is 0 Å². The second-order valence-electron chi connectivity index (χ2n) is 4.02. The standard InChI is InChI=1S/C13H15F2NO2/c1-4-9(3)18-7-13(16-17)10-5-8(2)11(14)6-12(10)15/h4-6,9,13H,1,7H2,2-3H3. The molecule has 0 fully saturated rings. The lowest BCUT2D eigenvalue weighted by atomic mass is 10.0. The summed E-state index contributed by atoms with van der Waals surface area (Å²) in [5.41, 5.74) is 0.303. The summed E-state index contributed by atoms with van der Waals surface area (Å²) in [5.74, 6) is -1.45. The van der Waals surface area contributed by atoms with Crippen LogP contribution >= 0.6 is 0 Å². The minimum Gasteiger partial charge on any atom is -0.372 e.